The molecule has 0 spiro atoms. The summed E-state index contributed by atoms with van der Waals surface area (Å²) in [5, 5.41) is 16.2. The first-order chi connectivity index (χ1) is 24.4. The van der Waals surface area contributed by atoms with Gasteiger partial charge in [-0.3, -0.25) is 0 Å². The Labute approximate surface area is 300 Å². The molecule has 4 bridgehead atoms. The van der Waals surface area contributed by atoms with E-state index in [2.05, 4.69) is 102 Å². The van der Waals surface area contributed by atoms with Gasteiger partial charge in [0, 0.05) is 34.2 Å². The minimum atomic E-state index is -0.507. The summed E-state index contributed by atoms with van der Waals surface area (Å²) >= 11 is 1.81. The first-order valence-corrected chi connectivity index (χ1v) is 19.3. The maximum Gasteiger partial charge on any atom is 0.315 e. The number of thioether (sulfide) groups is 1. The van der Waals surface area contributed by atoms with Crippen LogP contribution in [0.5, 0.6) is 0 Å². The lowest BCUT2D eigenvalue weighted by Crippen LogP contribution is -2.61. The summed E-state index contributed by atoms with van der Waals surface area (Å²) in [5.41, 5.74) is 6.25. The van der Waals surface area contributed by atoms with E-state index >= 15 is 0 Å². The minimum Gasteiger partial charge on any atom is -0.392 e. The Morgan fingerprint density at radius 3 is 2.14 bits per heavy atom. The number of carbonyl (C=O) groups is 1. The molecular weight excluding hydrogens is 641 g/mol. The van der Waals surface area contributed by atoms with Crippen molar-refractivity contribution >= 4 is 17.8 Å². The minimum absolute atomic E-state index is 0.0114. The first kappa shape index (κ1) is 33.5. The van der Waals surface area contributed by atoms with E-state index in [-0.39, 0.29) is 36.3 Å². The number of carbonyl (C=O) groups excluding carboxylic acids is 1. The molecule has 260 valence electrons. The second-order valence-corrected chi connectivity index (χ2v) is 16.4. The van der Waals surface area contributed by atoms with Crippen molar-refractivity contribution in [2.24, 2.45) is 23.7 Å². The zero-order valence-electron chi connectivity index (χ0n) is 28.8. The van der Waals surface area contributed by atoms with E-state index in [0.29, 0.717) is 6.54 Å². The topological polar surface area (TPSA) is 79.8 Å². The molecule has 5 fully saturated rings. The van der Waals surface area contributed by atoms with Crippen LogP contribution in [-0.4, -0.2) is 28.5 Å². The molecule has 4 aliphatic carbocycles. The molecule has 4 saturated carbocycles. The molecule has 1 aliphatic heterocycles. The van der Waals surface area contributed by atoms with Gasteiger partial charge in [0.1, 0.15) is 0 Å². The van der Waals surface area contributed by atoms with Gasteiger partial charge in [0.25, 0.3) is 0 Å². The summed E-state index contributed by atoms with van der Waals surface area (Å²) in [7, 11) is 0. The molecule has 5 aliphatic rings. The molecule has 4 aromatic rings. The Morgan fingerprint density at radius 1 is 0.780 bits per heavy atom. The fourth-order valence-corrected chi connectivity index (χ4v) is 10.5. The SMILES string of the molecule is C[C@H]1[C@@H](CSc2ccccc2)O[C@@H](c2ccc(-c3cccc(CNC(=O)NC45CC6CC(CC(C6)C4)C5)c3)cc2)O[C@H]1c1ccc(CO)cc1. The fraction of sp³-hybridized carbons (Fsp3) is 0.419. The van der Waals surface area contributed by atoms with Gasteiger partial charge < -0.3 is 25.2 Å². The van der Waals surface area contributed by atoms with Gasteiger partial charge in [0.2, 0.25) is 0 Å². The van der Waals surface area contributed by atoms with E-state index in [9.17, 15) is 9.90 Å². The molecule has 1 heterocycles. The molecular formula is C43H48N2O4S. The normalized spacial score (nSPS) is 29.8. The van der Waals surface area contributed by atoms with Gasteiger partial charge in [-0.25, -0.2) is 4.79 Å². The Balaban J connectivity index is 0.934. The van der Waals surface area contributed by atoms with Gasteiger partial charge >= 0.3 is 6.03 Å². The molecule has 0 aromatic heterocycles. The van der Waals surface area contributed by atoms with Crippen molar-refractivity contribution in [3.63, 3.8) is 0 Å². The number of urea groups is 1. The van der Waals surface area contributed by atoms with Gasteiger partial charge in [0.05, 0.1) is 18.8 Å². The van der Waals surface area contributed by atoms with Gasteiger partial charge in [-0.05, 0) is 102 Å². The van der Waals surface area contributed by atoms with Crippen molar-refractivity contribution in [2.45, 2.75) is 87.5 Å². The van der Waals surface area contributed by atoms with Crippen LogP contribution in [0.15, 0.2) is 108 Å². The van der Waals surface area contributed by atoms with Crippen molar-refractivity contribution in [3.8, 4) is 11.1 Å². The largest absolute Gasteiger partial charge is 0.392 e. The highest BCUT2D eigenvalue weighted by Gasteiger charge is 2.51. The maximum absolute atomic E-state index is 13.1. The number of hydrogen-bond acceptors (Lipinski definition) is 5. The zero-order chi connectivity index (χ0) is 34.1. The van der Waals surface area contributed by atoms with Crippen molar-refractivity contribution in [2.75, 3.05) is 5.75 Å². The molecule has 2 amide bonds. The highest BCUT2D eigenvalue weighted by molar-refractivity contribution is 7.99. The summed E-state index contributed by atoms with van der Waals surface area (Å²) in [4.78, 5) is 14.3. The van der Waals surface area contributed by atoms with E-state index < -0.39 is 6.29 Å². The van der Waals surface area contributed by atoms with Crippen molar-refractivity contribution < 1.29 is 19.4 Å². The molecule has 50 heavy (non-hydrogen) atoms. The van der Waals surface area contributed by atoms with Crippen LogP contribution in [0.2, 0.25) is 0 Å². The number of aliphatic hydroxyl groups excluding tert-OH is 1. The molecule has 1 saturated heterocycles. The summed E-state index contributed by atoms with van der Waals surface area (Å²) in [6, 6.07) is 35.4. The van der Waals surface area contributed by atoms with Crippen LogP contribution in [0.25, 0.3) is 11.1 Å². The zero-order valence-corrected chi connectivity index (χ0v) is 29.6. The fourth-order valence-electron chi connectivity index (χ4n) is 9.43. The van der Waals surface area contributed by atoms with Gasteiger partial charge in [-0.1, -0.05) is 91.9 Å². The summed E-state index contributed by atoms with van der Waals surface area (Å²) < 4.78 is 13.4. The van der Waals surface area contributed by atoms with Gasteiger partial charge in [0.15, 0.2) is 6.29 Å². The van der Waals surface area contributed by atoms with Crippen LogP contribution in [0, 0.1) is 23.7 Å². The van der Waals surface area contributed by atoms with E-state index in [1.54, 1.807) is 0 Å². The molecule has 0 unspecified atom stereocenters. The van der Waals surface area contributed by atoms with E-state index in [1.807, 2.05) is 30.0 Å². The van der Waals surface area contributed by atoms with E-state index in [4.69, 9.17) is 9.47 Å². The number of rotatable bonds is 10. The van der Waals surface area contributed by atoms with E-state index in [1.165, 1.54) is 24.2 Å². The van der Waals surface area contributed by atoms with Crippen LogP contribution in [0.3, 0.4) is 0 Å². The van der Waals surface area contributed by atoms with Crippen LogP contribution >= 0.6 is 11.8 Å². The molecule has 4 atom stereocenters. The number of amides is 2. The third-order valence-corrected chi connectivity index (χ3v) is 12.7. The van der Waals surface area contributed by atoms with Crippen molar-refractivity contribution in [3.05, 3.63) is 125 Å². The number of ether oxygens (including phenoxy) is 2. The van der Waals surface area contributed by atoms with E-state index in [0.717, 1.165) is 76.1 Å². The lowest BCUT2D eigenvalue weighted by molar-refractivity contribution is -0.268. The number of benzene rings is 4. The highest BCUT2D eigenvalue weighted by atomic mass is 32.2. The Bertz CT molecular complexity index is 1730. The first-order valence-electron chi connectivity index (χ1n) is 18.4. The standard InChI is InChI=1S/C43H48N2O4S/c1-28-39(27-50-38-8-3-2-4-9-38)48-41(49-40(28)35-12-10-29(26-46)11-13-35)36-16-14-34(15-17-36)37-7-5-6-30(21-37)25-44-42(47)45-43-22-31-18-32(23-43)20-33(19-31)24-43/h2-17,21,28,31-33,39-41,46H,18-20,22-27H2,1H3,(H2,44,45,47)/t28-,31?,32?,33?,39+,40+,41+,43?/m0/s1. The Morgan fingerprint density at radius 2 is 1.46 bits per heavy atom. The van der Waals surface area contributed by atoms with Crippen LogP contribution < -0.4 is 10.6 Å². The predicted molar refractivity (Wildman–Crippen MR) is 198 cm³/mol. The van der Waals surface area contributed by atoms with Crippen LogP contribution in [0.4, 0.5) is 4.79 Å². The molecule has 6 nitrogen and oxygen atoms in total. The Hall–Kier alpha value is -3.62. The number of hydrogen-bond donors (Lipinski definition) is 3. The van der Waals surface area contributed by atoms with Crippen molar-refractivity contribution in [1.29, 1.82) is 0 Å². The average Bonchev–Trinajstić information content (AvgIpc) is 3.13. The monoisotopic (exact) mass is 688 g/mol. The van der Waals surface area contributed by atoms with Crippen LogP contribution in [0.1, 0.15) is 80.1 Å². The number of aliphatic hydroxyl groups is 1. The highest BCUT2D eigenvalue weighted by Crippen LogP contribution is 2.55. The number of nitrogens with one attached hydrogen (secondary N) is 2. The second kappa shape index (κ2) is 14.5. The average molecular weight is 689 g/mol. The third-order valence-electron chi connectivity index (χ3n) is 11.6. The van der Waals surface area contributed by atoms with Gasteiger partial charge in [-0.15, -0.1) is 11.8 Å². The molecule has 3 N–H and O–H groups in total. The van der Waals surface area contributed by atoms with Gasteiger partial charge in [-0.2, -0.15) is 0 Å². The molecule has 9 rings (SSSR count). The summed E-state index contributed by atoms with van der Waals surface area (Å²) in [6.45, 7) is 2.72. The second-order valence-electron chi connectivity index (χ2n) is 15.3. The lowest BCUT2D eigenvalue weighted by atomic mass is 9.53. The third kappa shape index (κ3) is 7.38. The quantitative estimate of drug-likeness (QED) is 0.145. The Kier molecular flexibility index (Phi) is 9.75. The van der Waals surface area contributed by atoms with Crippen molar-refractivity contribution in [1.82, 2.24) is 10.6 Å². The maximum atomic E-state index is 13.1. The molecule has 0 radical (unpaired) electrons. The lowest BCUT2D eigenvalue weighted by Gasteiger charge is -2.56. The molecule has 4 aromatic carbocycles. The van der Waals surface area contributed by atoms with Crippen LogP contribution in [-0.2, 0) is 22.6 Å². The summed E-state index contributed by atoms with van der Waals surface area (Å²) in [6.07, 6.45) is 6.88. The molecule has 7 heteroatoms. The predicted octanol–water partition coefficient (Wildman–Crippen LogP) is 9.20. The smallest absolute Gasteiger partial charge is 0.315 e. The summed E-state index contributed by atoms with van der Waals surface area (Å²) in [5.74, 6) is 3.35.